The first-order valence-corrected chi connectivity index (χ1v) is 12.6. The van der Waals surface area contributed by atoms with Crippen LogP contribution in [-0.4, -0.2) is 89.9 Å². The highest BCUT2D eigenvalue weighted by molar-refractivity contribution is 5.97. The van der Waals surface area contributed by atoms with Crippen molar-refractivity contribution in [1.29, 1.82) is 0 Å². The van der Waals surface area contributed by atoms with Gasteiger partial charge in [-0.15, -0.1) is 0 Å². The summed E-state index contributed by atoms with van der Waals surface area (Å²) >= 11 is 0. The number of morpholine rings is 1. The molecule has 4 aliphatic heterocycles. The van der Waals surface area contributed by atoms with Gasteiger partial charge in [-0.3, -0.25) is 14.5 Å². The fourth-order valence-electron chi connectivity index (χ4n) is 5.95. The summed E-state index contributed by atoms with van der Waals surface area (Å²) < 4.78 is 18.8. The van der Waals surface area contributed by atoms with Crippen LogP contribution in [0.4, 0.5) is 0 Å². The van der Waals surface area contributed by atoms with Crippen molar-refractivity contribution in [3.05, 3.63) is 53.7 Å². The van der Waals surface area contributed by atoms with Gasteiger partial charge in [0, 0.05) is 55.4 Å². The second-order valence-corrected chi connectivity index (χ2v) is 9.77. The number of rotatable bonds is 4. The van der Waals surface area contributed by atoms with Crippen molar-refractivity contribution >= 4 is 22.7 Å². The zero-order valence-corrected chi connectivity index (χ0v) is 20.0. The maximum absolute atomic E-state index is 13.6. The third-order valence-electron chi connectivity index (χ3n) is 7.83. The predicted molar refractivity (Wildman–Crippen MR) is 131 cm³/mol. The molecule has 2 fully saturated rings. The molecule has 2 amide bonds. The lowest BCUT2D eigenvalue weighted by Crippen LogP contribution is -2.62. The Morgan fingerprint density at radius 3 is 2.64 bits per heavy atom. The van der Waals surface area contributed by atoms with E-state index in [-0.39, 0.29) is 25.2 Å². The lowest BCUT2D eigenvalue weighted by molar-refractivity contribution is -0.157. The number of carbonyl (C=O) groups is 2. The van der Waals surface area contributed by atoms with Crippen LogP contribution in [0.1, 0.15) is 11.3 Å². The molecule has 0 spiro atoms. The van der Waals surface area contributed by atoms with Crippen LogP contribution in [-0.2, 0) is 27.3 Å². The number of fused-ring (bicyclic) bond motifs is 5. The van der Waals surface area contributed by atoms with Crippen LogP contribution in [0.15, 0.2) is 42.5 Å². The van der Waals surface area contributed by atoms with Crippen LogP contribution < -0.4 is 9.47 Å². The molecule has 5 heterocycles. The van der Waals surface area contributed by atoms with Crippen LogP contribution in [0.25, 0.3) is 16.6 Å². The summed E-state index contributed by atoms with van der Waals surface area (Å²) in [6.45, 7) is 5.29. The van der Waals surface area contributed by atoms with Crippen molar-refractivity contribution < 1.29 is 23.8 Å². The zero-order valence-electron chi connectivity index (χ0n) is 20.0. The van der Waals surface area contributed by atoms with E-state index in [4.69, 9.17) is 14.2 Å². The molecule has 9 nitrogen and oxygen atoms in total. The monoisotopic (exact) mass is 488 g/mol. The standard InChI is InChI=1S/C27H28N4O5/c32-26-16-29(8-7-28-9-11-34-12-10-28)27(33)22-14-20-19-3-1-2-4-21(19)31(23(20)15-30(22)26)18-5-6-24-25(13-18)36-17-35-24/h1-6,13,22H,7-12,14-17H2. The molecule has 2 aromatic carbocycles. The summed E-state index contributed by atoms with van der Waals surface area (Å²) in [4.78, 5) is 32.7. The molecule has 4 aliphatic rings. The van der Waals surface area contributed by atoms with Crippen molar-refractivity contribution in [2.45, 2.75) is 19.0 Å². The number of carbonyl (C=O) groups excluding carboxylic acids is 2. The minimum atomic E-state index is -0.459. The number of benzene rings is 2. The summed E-state index contributed by atoms with van der Waals surface area (Å²) in [6.07, 6.45) is 0.520. The number of nitrogens with zero attached hydrogens (tertiary/aromatic N) is 4. The summed E-state index contributed by atoms with van der Waals surface area (Å²) in [6, 6.07) is 13.7. The largest absolute Gasteiger partial charge is 0.454 e. The molecule has 9 heteroatoms. The first kappa shape index (κ1) is 21.7. The minimum absolute atomic E-state index is 0.00900. The van der Waals surface area contributed by atoms with E-state index in [1.807, 2.05) is 30.3 Å². The Labute approximate surface area is 208 Å². The average molecular weight is 489 g/mol. The van der Waals surface area contributed by atoms with Crippen molar-refractivity contribution in [3.8, 4) is 17.2 Å². The molecule has 0 saturated carbocycles. The Kier molecular flexibility index (Phi) is 5.14. The van der Waals surface area contributed by atoms with Crippen molar-refractivity contribution in [1.82, 2.24) is 19.3 Å². The SMILES string of the molecule is O=C1C2Cc3c(n(-c4ccc5c(c4)OCO5)c4ccccc34)CN2C(=O)CN1CCN1CCOCC1. The molecule has 0 N–H and O–H groups in total. The molecular formula is C27H28N4O5. The van der Waals surface area contributed by atoms with Crippen LogP contribution in [0.2, 0.25) is 0 Å². The first-order valence-electron chi connectivity index (χ1n) is 12.6. The van der Waals surface area contributed by atoms with E-state index in [0.29, 0.717) is 25.3 Å². The van der Waals surface area contributed by atoms with E-state index in [1.165, 1.54) is 0 Å². The fraction of sp³-hybridized carbons (Fsp3) is 0.407. The molecule has 7 rings (SSSR count). The molecule has 1 atom stereocenters. The molecule has 3 aromatic rings. The second-order valence-electron chi connectivity index (χ2n) is 9.77. The smallest absolute Gasteiger partial charge is 0.246 e. The summed E-state index contributed by atoms with van der Waals surface area (Å²) in [5.74, 6) is 1.51. The van der Waals surface area contributed by atoms with E-state index in [2.05, 4.69) is 21.6 Å². The van der Waals surface area contributed by atoms with Crippen molar-refractivity contribution in [2.24, 2.45) is 0 Å². The lowest BCUT2D eigenvalue weighted by Gasteiger charge is -2.43. The summed E-state index contributed by atoms with van der Waals surface area (Å²) in [5, 5.41) is 1.12. The molecule has 36 heavy (non-hydrogen) atoms. The molecule has 0 aliphatic carbocycles. The minimum Gasteiger partial charge on any atom is -0.454 e. The van der Waals surface area contributed by atoms with Gasteiger partial charge in [-0.1, -0.05) is 18.2 Å². The van der Waals surface area contributed by atoms with Gasteiger partial charge in [0.1, 0.15) is 6.04 Å². The number of para-hydroxylation sites is 1. The summed E-state index contributed by atoms with van der Waals surface area (Å²) in [7, 11) is 0. The Bertz CT molecular complexity index is 1360. The van der Waals surface area contributed by atoms with Crippen molar-refractivity contribution in [3.63, 3.8) is 0 Å². The Hall–Kier alpha value is -3.56. The maximum Gasteiger partial charge on any atom is 0.246 e. The van der Waals surface area contributed by atoms with Gasteiger partial charge < -0.3 is 28.6 Å². The highest BCUT2D eigenvalue weighted by Crippen LogP contribution is 2.39. The normalized spacial score (nSPS) is 21.7. The molecular weight excluding hydrogens is 460 g/mol. The topological polar surface area (TPSA) is 76.5 Å². The second kappa shape index (κ2) is 8.53. The molecule has 0 radical (unpaired) electrons. The third-order valence-corrected chi connectivity index (χ3v) is 7.83. The Morgan fingerprint density at radius 2 is 1.75 bits per heavy atom. The first-order chi connectivity index (χ1) is 17.7. The van der Waals surface area contributed by atoms with E-state index in [0.717, 1.165) is 66.4 Å². The Balaban J connectivity index is 1.22. The third kappa shape index (κ3) is 3.45. The molecule has 1 unspecified atom stereocenters. The van der Waals surface area contributed by atoms with Gasteiger partial charge in [0.15, 0.2) is 11.5 Å². The van der Waals surface area contributed by atoms with E-state index >= 15 is 0 Å². The van der Waals surface area contributed by atoms with Gasteiger partial charge in [0.2, 0.25) is 18.6 Å². The van der Waals surface area contributed by atoms with Gasteiger partial charge in [0.05, 0.1) is 31.8 Å². The van der Waals surface area contributed by atoms with Gasteiger partial charge in [-0.2, -0.15) is 0 Å². The highest BCUT2D eigenvalue weighted by Gasteiger charge is 2.43. The average Bonchev–Trinajstić information content (AvgIpc) is 3.51. The highest BCUT2D eigenvalue weighted by atomic mass is 16.7. The van der Waals surface area contributed by atoms with Crippen LogP contribution in [0, 0.1) is 0 Å². The van der Waals surface area contributed by atoms with Gasteiger partial charge in [-0.05, 0) is 23.8 Å². The molecule has 2 saturated heterocycles. The van der Waals surface area contributed by atoms with Crippen LogP contribution in [0.3, 0.4) is 0 Å². The predicted octanol–water partition coefficient (Wildman–Crippen LogP) is 1.79. The molecule has 186 valence electrons. The zero-order chi connectivity index (χ0) is 24.2. The quantitative estimate of drug-likeness (QED) is 0.558. The van der Waals surface area contributed by atoms with E-state index < -0.39 is 6.04 Å². The number of aromatic nitrogens is 1. The molecule has 0 bridgehead atoms. The van der Waals surface area contributed by atoms with Gasteiger partial charge in [0.25, 0.3) is 0 Å². The van der Waals surface area contributed by atoms with Crippen LogP contribution >= 0.6 is 0 Å². The van der Waals surface area contributed by atoms with Gasteiger partial charge in [-0.25, -0.2) is 0 Å². The lowest BCUT2D eigenvalue weighted by atomic mass is 9.94. The number of hydrogen-bond donors (Lipinski definition) is 0. The molecule has 1 aromatic heterocycles. The van der Waals surface area contributed by atoms with Crippen LogP contribution in [0.5, 0.6) is 11.5 Å². The van der Waals surface area contributed by atoms with Crippen molar-refractivity contribution in [2.75, 3.05) is 52.7 Å². The fourth-order valence-corrected chi connectivity index (χ4v) is 5.95. The van der Waals surface area contributed by atoms with E-state index in [9.17, 15) is 9.59 Å². The maximum atomic E-state index is 13.6. The number of ether oxygens (including phenoxy) is 3. The Morgan fingerprint density at radius 1 is 0.917 bits per heavy atom. The summed E-state index contributed by atoms with van der Waals surface area (Å²) in [5.41, 5.74) is 4.21. The number of hydrogen-bond acceptors (Lipinski definition) is 6. The number of amides is 2. The van der Waals surface area contributed by atoms with Gasteiger partial charge >= 0.3 is 0 Å². The number of piperazine rings is 1. The van der Waals surface area contributed by atoms with E-state index in [1.54, 1.807) is 9.80 Å².